The fourth-order valence-corrected chi connectivity index (χ4v) is 3.19. The highest BCUT2D eigenvalue weighted by Gasteiger charge is 2.43. The molecule has 1 aromatic rings. The first-order valence-electron chi connectivity index (χ1n) is 11.2. The van der Waals surface area contributed by atoms with Gasteiger partial charge in [-0.15, -0.1) is 0 Å². The van der Waals surface area contributed by atoms with Crippen LogP contribution < -0.4 is 10.6 Å². The first-order valence-corrected chi connectivity index (χ1v) is 11.2. The van der Waals surface area contributed by atoms with Crippen LogP contribution in [0.5, 0.6) is 5.75 Å². The largest absolute Gasteiger partial charge is 0.508 e. The van der Waals surface area contributed by atoms with Crippen LogP contribution in [0.25, 0.3) is 0 Å². The van der Waals surface area contributed by atoms with Crippen molar-refractivity contribution in [3.8, 4) is 5.75 Å². The van der Waals surface area contributed by atoms with E-state index in [1.54, 1.807) is 47.6 Å². The molecule has 11 heteroatoms. The molecule has 0 aliphatic carbocycles. The van der Waals surface area contributed by atoms with Crippen LogP contribution in [0.15, 0.2) is 24.3 Å². The number of nitrogens with one attached hydrogen (secondary N) is 2. The Morgan fingerprint density at radius 2 is 1.74 bits per heavy atom. The zero-order valence-corrected chi connectivity index (χ0v) is 21.4. The van der Waals surface area contributed by atoms with Gasteiger partial charge >= 0.3 is 12.1 Å². The van der Waals surface area contributed by atoms with Gasteiger partial charge in [-0.3, -0.25) is 14.4 Å². The lowest BCUT2D eigenvalue weighted by Gasteiger charge is -2.44. The first-order chi connectivity index (χ1) is 16.2. The smallest absolute Gasteiger partial charge is 0.408 e. The van der Waals surface area contributed by atoms with Gasteiger partial charge in [0.25, 0.3) is 0 Å². The Labute approximate surface area is 205 Å². The Kier molecular flexibility index (Phi) is 10.5. The number of aromatic hydroxyl groups is 1. The quantitative estimate of drug-likeness (QED) is 0.357. The van der Waals surface area contributed by atoms with E-state index in [1.807, 2.05) is 0 Å². The van der Waals surface area contributed by atoms with Crippen molar-refractivity contribution in [1.82, 2.24) is 15.5 Å². The molecule has 196 valence electrons. The average molecular weight is 496 g/mol. The first kappa shape index (κ1) is 29.7. The maximum absolute atomic E-state index is 13.7. The summed E-state index contributed by atoms with van der Waals surface area (Å²) < 4.78 is 9.77. The molecule has 4 N–H and O–H groups in total. The molecule has 1 rings (SSSR count). The number of amides is 3. The summed E-state index contributed by atoms with van der Waals surface area (Å²) in [5.41, 5.74) is -1.54. The second-order valence-electron chi connectivity index (χ2n) is 9.55. The number of esters is 1. The molecule has 0 bridgehead atoms. The number of nitrogens with zero attached hydrogens (tertiary/aromatic N) is 1. The highest BCUT2D eigenvalue weighted by molar-refractivity contribution is 5.93. The van der Waals surface area contributed by atoms with Gasteiger partial charge in [-0.2, -0.15) is 0 Å². The zero-order chi connectivity index (χ0) is 27.0. The number of alkyl carbamates (subject to hydrolysis) is 1. The number of carbonyl (C=O) groups is 4. The fourth-order valence-electron chi connectivity index (χ4n) is 3.19. The van der Waals surface area contributed by atoms with Crippen molar-refractivity contribution in [2.45, 2.75) is 71.2 Å². The number of hydrogen-bond donors (Lipinski definition) is 4. The number of phenolic OH excluding ortho intramolecular Hbond substituents is 1. The average Bonchev–Trinajstić information content (AvgIpc) is 2.77. The van der Waals surface area contributed by atoms with E-state index in [9.17, 15) is 29.4 Å². The van der Waals surface area contributed by atoms with Gasteiger partial charge in [0.1, 0.15) is 30.0 Å². The third kappa shape index (κ3) is 8.75. The molecule has 0 aliphatic rings. The van der Waals surface area contributed by atoms with Crippen molar-refractivity contribution >= 4 is 23.9 Å². The molecule has 3 amide bonds. The van der Waals surface area contributed by atoms with Crippen LogP contribution in [0.1, 0.15) is 59.6 Å². The van der Waals surface area contributed by atoms with Crippen molar-refractivity contribution in [3.63, 3.8) is 0 Å². The molecular weight excluding hydrogens is 458 g/mol. The number of aliphatic hydroxyl groups is 1. The number of benzene rings is 1. The van der Waals surface area contributed by atoms with E-state index in [0.29, 0.717) is 6.42 Å². The van der Waals surface area contributed by atoms with E-state index in [-0.39, 0.29) is 11.3 Å². The van der Waals surface area contributed by atoms with Crippen LogP contribution in [0, 0.1) is 0 Å². The summed E-state index contributed by atoms with van der Waals surface area (Å²) in [6.07, 6.45) is -0.522. The monoisotopic (exact) mass is 495 g/mol. The minimum absolute atomic E-state index is 0.138. The van der Waals surface area contributed by atoms with Crippen LogP contribution in [0.2, 0.25) is 0 Å². The number of hydrogen-bond acceptors (Lipinski definition) is 8. The number of aliphatic hydroxyl groups excluding tert-OH is 1. The number of rotatable bonds is 10. The summed E-state index contributed by atoms with van der Waals surface area (Å²) in [4.78, 5) is 52.3. The molecule has 0 saturated carbocycles. The van der Waals surface area contributed by atoms with Crippen molar-refractivity contribution in [1.29, 1.82) is 0 Å². The van der Waals surface area contributed by atoms with Gasteiger partial charge in [0.2, 0.25) is 11.8 Å². The number of carbonyl (C=O) groups excluding carboxylic acids is 4. The van der Waals surface area contributed by atoms with Gasteiger partial charge in [0.15, 0.2) is 0 Å². The second kappa shape index (κ2) is 12.4. The summed E-state index contributed by atoms with van der Waals surface area (Å²) in [6, 6.07) is 3.04. The van der Waals surface area contributed by atoms with Crippen LogP contribution in [0.3, 0.4) is 0 Å². The van der Waals surface area contributed by atoms with Crippen molar-refractivity contribution in [3.05, 3.63) is 29.8 Å². The molecule has 11 nitrogen and oxygen atoms in total. The zero-order valence-electron chi connectivity index (χ0n) is 21.4. The molecule has 0 radical (unpaired) electrons. The maximum atomic E-state index is 13.7. The molecule has 0 spiro atoms. The molecule has 2 atom stereocenters. The standard InChI is InChI=1S/C24H37N3O8/c1-8-24(5,6)27(21(32)17(14-28)26-22(33)35-23(2,3)4)19(15-10-9-11-16(29)12-15)20(31)25-13-18(30)34-7/h9-12,17,19,28-29H,8,13-14H2,1-7H3,(H,25,31)(H,26,33). The lowest BCUT2D eigenvalue weighted by Crippen LogP contribution is -2.60. The van der Waals surface area contributed by atoms with E-state index < -0.39 is 60.3 Å². The van der Waals surface area contributed by atoms with Gasteiger partial charge in [-0.1, -0.05) is 19.1 Å². The SMILES string of the molecule is CCC(C)(C)N(C(=O)C(CO)NC(=O)OC(C)(C)C)C(C(=O)NCC(=O)OC)c1cccc(O)c1. The van der Waals surface area contributed by atoms with Crippen molar-refractivity contribution < 1.29 is 38.9 Å². The molecular formula is C24H37N3O8. The molecule has 1 aromatic carbocycles. The molecule has 0 saturated heterocycles. The predicted octanol–water partition coefficient (Wildman–Crippen LogP) is 1.63. The molecule has 0 aromatic heterocycles. The van der Waals surface area contributed by atoms with E-state index in [0.717, 1.165) is 0 Å². The highest BCUT2D eigenvalue weighted by atomic mass is 16.6. The second-order valence-corrected chi connectivity index (χ2v) is 9.55. The van der Waals surface area contributed by atoms with E-state index in [2.05, 4.69) is 15.4 Å². The van der Waals surface area contributed by atoms with Crippen molar-refractivity contribution in [2.75, 3.05) is 20.3 Å². The summed E-state index contributed by atoms with van der Waals surface area (Å²) in [7, 11) is 1.17. The van der Waals surface area contributed by atoms with Gasteiger partial charge in [-0.05, 0) is 58.7 Å². The fraction of sp³-hybridized carbons (Fsp3) is 0.583. The van der Waals surface area contributed by atoms with Crippen LogP contribution in [-0.4, -0.2) is 76.4 Å². The number of ether oxygens (including phenoxy) is 2. The lowest BCUT2D eigenvalue weighted by molar-refractivity contribution is -0.150. The molecule has 0 aliphatic heterocycles. The van der Waals surface area contributed by atoms with Gasteiger partial charge in [0, 0.05) is 5.54 Å². The maximum Gasteiger partial charge on any atom is 0.408 e. The highest BCUT2D eigenvalue weighted by Crippen LogP contribution is 2.33. The summed E-state index contributed by atoms with van der Waals surface area (Å²) >= 11 is 0. The third-order valence-corrected chi connectivity index (χ3v) is 5.25. The Morgan fingerprint density at radius 3 is 2.23 bits per heavy atom. The molecule has 0 fully saturated rings. The summed E-state index contributed by atoms with van der Waals surface area (Å²) in [5.74, 6) is -2.31. The third-order valence-electron chi connectivity index (χ3n) is 5.25. The minimum atomic E-state index is -1.43. The summed E-state index contributed by atoms with van der Waals surface area (Å²) in [5, 5.41) is 24.8. The van der Waals surface area contributed by atoms with Gasteiger partial charge in [-0.25, -0.2) is 4.79 Å². The lowest BCUT2D eigenvalue weighted by atomic mass is 9.92. The van der Waals surface area contributed by atoms with Crippen LogP contribution in [-0.2, 0) is 23.9 Å². The Balaban J connectivity index is 3.52. The number of methoxy groups -OCH3 is 1. The van der Waals surface area contributed by atoms with Gasteiger partial charge in [0.05, 0.1) is 13.7 Å². The van der Waals surface area contributed by atoms with Gasteiger partial charge < -0.3 is 35.2 Å². The minimum Gasteiger partial charge on any atom is -0.508 e. The Morgan fingerprint density at radius 1 is 1.11 bits per heavy atom. The van der Waals surface area contributed by atoms with Crippen LogP contribution >= 0.6 is 0 Å². The van der Waals surface area contributed by atoms with E-state index in [1.165, 1.54) is 30.2 Å². The van der Waals surface area contributed by atoms with E-state index >= 15 is 0 Å². The molecule has 2 unspecified atom stereocenters. The van der Waals surface area contributed by atoms with Crippen molar-refractivity contribution in [2.24, 2.45) is 0 Å². The molecule has 0 heterocycles. The Bertz CT molecular complexity index is 910. The normalized spacial score (nSPS) is 13.3. The predicted molar refractivity (Wildman–Crippen MR) is 127 cm³/mol. The molecule has 35 heavy (non-hydrogen) atoms. The van der Waals surface area contributed by atoms with Crippen LogP contribution in [0.4, 0.5) is 4.79 Å². The topological polar surface area (TPSA) is 154 Å². The number of phenols is 1. The summed E-state index contributed by atoms with van der Waals surface area (Å²) in [6.45, 7) is 8.99. The Hall–Kier alpha value is -3.34. The van der Waals surface area contributed by atoms with E-state index in [4.69, 9.17) is 4.74 Å².